The van der Waals surface area contributed by atoms with E-state index in [1.807, 2.05) is 35.2 Å². The summed E-state index contributed by atoms with van der Waals surface area (Å²) in [6, 6.07) is 9.61. The Morgan fingerprint density at radius 2 is 2.05 bits per heavy atom. The highest BCUT2D eigenvalue weighted by Gasteiger charge is 2.26. The number of hydrogen-bond acceptors (Lipinski definition) is 2. The van der Waals surface area contributed by atoms with Crippen molar-refractivity contribution in [2.24, 2.45) is 5.92 Å². The number of nitrogens with one attached hydrogen (secondary N) is 2. The van der Waals surface area contributed by atoms with Gasteiger partial charge in [0.15, 0.2) is 0 Å². The second kappa shape index (κ2) is 4.76. The standard InChI is InChI=1S/C14H16N4O/c1-10-8-18(9-10)14(19)16-12-4-2-11(3-5-12)13-6-7-15-17-13/h2-7,10H,8-9H2,1H3,(H,15,17)(H,16,19). The molecule has 1 aromatic carbocycles. The molecule has 19 heavy (non-hydrogen) atoms. The SMILES string of the molecule is CC1CN(C(=O)Nc2ccc(-c3ccn[nH]3)cc2)C1. The quantitative estimate of drug-likeness (QED) is 0.867. The van der Waals surface area contributed by atoms with Crippen LogP contribution >= 0.6 is 0 Å². The van der Waals surface area contributed by atoms with Gasteiger partial charge in [0.05, 0.1) is 5.69 Å². The van der Waals surface area contributed by atoms with Crippen molar-refractivity contribution in [2.75, 3.05) is 18.4 Å². The number of hydrogen-bond donors (Lipinski definition) is 2. The van der Waals surface area contributed by atoms with E-state index >= 15 is 0 Å². The van der Waals surface area contributed by atoms with Crippen molar-refractivity contribution in [1.82, 2.24) is 15.1 Å². The molecule has 1 aliphatic heterocycles. The number of carbonyl (C=O) groups is 1. The summed E-state index contributed by atoms with van der Waals surface area (Å²) in [7, 11) is 0. The molecule has 0 atom stereocenters. The van der Waals surface area contributed by atoms with E-state index in [2.05, 4.69) is 22.4 Å². The first-order chi connectivity index (χ1) is 9.22. The summed E-state index contributed by atoms with van der Waals surface area (Å²) in [5.41, 5.74) is 2.83. The second-order valence-corrected chi connectivity index (χ2v) is 4.99. The lowest BCUT2D eigenvalue weighted by Gasteiger charge is -2.36. The molecule has 0 radical (unpaired) electrons. The molecule has 1 fully saturated rings. The molecular weight excluding hydrogens is 240 g/mol. The fourth-order valence-electron chi connectivity index (χ4n) is 2.22. The number of nitrogens with zero attached hydrogens (tertiary/aromatic N) is 2. The van der Waals surface area contributed by atoms with Gasteiger partial charge in [0, 0.05) is 25.0 Å². The maximum atomic E-state index is 11.9. The average molecular weight is 256 g/mol. The van der Waals surface area contributed by atoms with Gasteiger partial charge in [0.1, 0.15) is 0 Å². The van der Waals surface area contributed by atoms with Gasteiger partial charge in [-0.25, -0.2) is 4.79 Å². The molecule has 0 saturated carbocycles. The number of rotatable bonds is 2. The highest BCUT2D eigenvalue weighted by molar-refractivity contribution is 5.90. The third kappa shape index (κ3) is 2.45. The molecule has 5 heteroatoms. The fourth-order valence-corrected chi connectivity index (χ4v) is 2.22. The van der Waals surface area contributed by atoms with Crippen LogP contribution in [0.1, 0.15) is 6.92 Å². The molecule has 1 aromatic heterocycles. The van der Waals surface area contributed by atoms with E-state index in [4.69, 9.17) is 0 Å². The molecule has 2 aromatic rings. The van der Waals surface area contributed by atoms with Gasteiger partial charge >= 0.3 is 6.03 Å². The molecule has 0 unspecified atom stereocenters. The molecule has 0 spiro atoms. The maximum Gasteiger partial charge on any atom is 0.321 e. The van der Waals surface area contributed by atoms with Gasteiger partial charge < -0.3 is 10.2 Å². The van der Waals surface area contributed by atoms with Crippen molar-refractivity contribution in [2.45, 2.75) is 6.92 Å². The number of benzene rings is 1. The normalized spacial score (nSPS) is 15.1. The maximum absolute atomic E-state index is 11.9. The zero-order valence-electron chi connectivity index (χ0n) is 10.8. The van der Waals surface area contributed by atoms with Crippen LogP contribution in [0, 0.1) is 5.92 Å². The third-order valence-electron chi connectivity index (χ3n) is 3.30. The van der Waals surface area contributed by atoms with Gasteiger partial charge in [-0.1, -0.05) is 19.1 Å². The average Bonchev–Trinajstić information content (AvgIpc) is 2.90. The van der Waals surface area contributed by atoms with Crippen LogP contribution in [0.2, 0.25) is 0 Å². The summed E-state index contributed by atoms with van der Waals surface area (Å²) in [6.07, 6.45) is 1.72. The highest BCUT2D eigenvalue weighted by Crippen LogP contribution is 2.20. The monoisotopic (exact) mass is 256 g/mol. The number of urea groups is 1. The van der Waals surface area contributed by atoms with Crippen LogP contribution in [-0.2, 0) is 0 Å². The molecule has 5 nitrogen and oxygen atoms in total. The number of amides is 2. The van der Waals surface area contributed by atoms with Crippen LogP contribution in [0.15, 0.2) is 36.5 Å². The number of anilines is 1. The van der Waals surface area contributed by atoms with Gasteiger partial charge in [-0.3, -0.25) is 5.10 Å². The lowest BCUT2D eigenvalue weighted by atomic mass is 10.0. The van der Waals surface area contributed by atoms with Gasteiger partial charge in [-0.2, -0.15) is 5.10 Å². The molecule has 3 rings (SSSR count). The minimum Gasteiger partial charge on any atom is -0.324 e. The van der Waals surface area contributed by atoms with Gasteiger partial charge in [0.2, 0.25) is 0 Å². The van der Waals surface area contributed by atoms with E-state index in [9.17, 15) is 4.79 Å². The molecule has 2 N–H and O–H groups in total. The number of aromatic amines is 1. The van der Waals surface area contributed by atoms with Gasteiger partial charge in [0.25, 0.3) is 0 Å². The van der Waals surface area contributed by atoms with Crippen molar-refractivity contribution in [3.63, 3.8) is 0 Å². The van der Waals surface area contributed by atoms with Gasteiger partial charge in [-0.05, 0) is 29.7 Å². The van der Waals surface area contributed by atoms with Crippen LogP contribution in [0.5, 0.6) is 0 Å². The Morgan fingerprint density at radius 1 is 1.32 bits per heavy atom. The molecule has 0 bridgehead atoms. The predicted molar refractivity (Wildman–Crippen MR) is 73.8 cm³/mol. The van der Waals surface area contributed by atoms with E-state index in [-0.39, 0.29) is 6.03 Å². The number of aromatic nitrogens is 2. The first kappa shape index (κ1) is 11.8. The fraction of sp³-hybridized carbons (Fsp3) is 0.286. The molecular formula is C14H16N4O. The topological polar surface area (TPSA) is 61.0 Å². The van der Waals surface area contributed by atoms with Crippen LogP contribution in [-0.4, -0.2) is 34.2 Å². The molecule has 98 valence electrons. The summed E-state index contributed by atoms with van der Waals surface area (Å²) < 4.78 is 0. The van der Waals surface area contributed by atoms with Crippen molar-refractivity contribution < 1.29 is 4.79 Å². The first-order valence-electron chi connectivity index (χ1n) is 6.38. The molecule has 0 aliphatic carbocycles. The smallest absolute Gasteiger partial charge is 0.321 e. The molecule has 1 aliphatic rings. The van der Waals surface area contributed by atoms with E-state index in [1.54, 1.807) is 6.20 Å². The zero-order chi connectivity index (χ0) is 13.2. The minimum atomic E-state index is -0.0209. The summed E-state index contributed by atoms with van der Waals surface area (Å²) in [6.45, 7) is 3.83. The van der Waals surface area contributed by atoms with E-state index in [0.717, 1.165) is 30.0 Å². The Kier molecular flexibility index (Phi) is 2.95. The van der Waals surface area contributed by atoms with E-state index < -0.39 is 0 Å². The van der Waals surface area contributed by atoms with Crippen molar-refractivity contribution in [1.29, 1.82) is 0 Å². The first-order valence-corrected chi connectivity index (χ1v) is 6.38. The lowest BCUT2D eigenvalue weighted by Crippen LogP contribution is -2.50. The second-order valence-electron chi connectivity index (χ2n) is 4.99. The Hall–Kier alpha value is -2.30. The van der Waals surface area contributed by atoms with Crippen LogP contribution in [0.3, 0.4) is 0 Å². The van der Waals surface area contributed by atoms with Crippen LogP contribution in [0.25, 0.3) is 11.3 Å². The van der Waals surface area contributed by atoms with E-state index in [1.165, 1.54) is 0 Å². The summed E-state index contributed by atoms with van der Waals surface area (Å²) >= 11 is 0. The van der Waals surface area contributed by atoms with Crippen molar-refractivity contribution in [3.05, 3.63) is 36.5 Å². The van der Waals surface area contributed by atoms with Crippen LogP contribution in [0.4, 0.5) is 10.5 Å². The lowest BCUT2D eigenvalue weighted by molar-refractivity contribution is 0.141. The third-order valence-corrected chi connectivity index (χ3v) is 3.30. The van der Waals surface area contributed by atoms with Crippen LogP contribution < -0.4 is 5.32 Å². The zero-order valence-corrected chi connectivity index (χ0v) is 10.8. The molecule has 2 amide bonds. The van der Waals surface area contributed by atoms with Gasteiger partial charge in [-0.15, -0.1) is 0 Å². The highest BCUT2D eigenvalue weighted by atomic mass is 16.2. The summed E-state index contributed by atoms with van der Waals surface area (Å²) in [5, 5.41) is 9.72. The van der Waals surface area contributed by atoms with E-state index in [0.29, 0.717) is 5.92 Å². The Morgan fingerprint density at radius 3 is 2.63 bits per heavy atom. The largest absolute Gasteiger partial charge is 0.324 e. The Bertz CT molecular complexity index is 556. The Balaban J connectivity index is 1.65. The number of likely N-dealkylation sites (tertiary alicyclic amines) is 1. The predicted octanol–water partition coefficient (Wildman–Crippen LogP) is 2.56. The summed E-state index contributed by atoms with van der Waals surface area (Å²) in [5.74, 6) is 0.619. The minimum absolute atomic E-state index is 0.0209. The molecule has 2 heterocycles. The number of H-pyrrole nitrogens is 1. The number of carbonyl (C=O) groups excluding carboxylic acids is 1. The summed E-state index contributed by atoms with van der Waals surface area (Å²) in [4.78, 5) is 13.7. The van der Waals surface area contributed by atoms with Crippen molar-refractivity contribution in [3.8, 4) is 11.3 Å². The Labute approximate surface area is 111 Å². The molecule has 1 saturated heterocycles. The van der Waals surface area contributed by atoms with Crippen molar-refractivity contribution >= 4 is 11.7 Å².